The zero-order valence-corrected chi connectivity index (χ0v) is 13.4. The highest BCUT2D eigenvalue weighted by atomic mass is 35.5. The number of anilines is 1. The molecule has 1 fully saturated rings. The van der Waals surface area contributed by atoms with Gasteiger partial charge in [-0.05, 0) is 49.2 Å². The van der Waals surface area contributed by atoms with Crippen LogP contribution >= 0.6 is 23.8 Å². The summed E-state index contributed by atoms with van der Waals surface area (Å²) in [7, 11) is 0. The number of thiocarbonyl (C=S) groups is 1. The van der Waals surface area contributed by atoms with Gasteiger partial charge in [-0.15, -0.1) is 0 Å². The first kappa shape index (κ1) is 16.3. The Morgan fingerprint density at radius 2 is 2.13 bits per heavy atom. The van der Waals surface area contributed by atoms with Gasteiger partial charge in [0.15, 0.2) is 5.11 Å². The van der Waals surface area contributed by atoms with Gasteiger partial charge in [0, 0.05) is 11.6 Å². The van der Waals surface area contributed by atoms with E-state index in [0.717, 1.165) is 30.7 Å². The van der Waals surface area contributed by atoms with Gasteiger partial charge in [-0.1, -0.05) is 23.8 Å². The minimum Gasteiger partial charge on any atom is -0.330 e. The van der Waals surface area contributed by atoms with E-state index in [2.05, 4.69) is 28.0 Å². The number of fused-ring (bicyclic) bond motifs is 1. The van der Waals surface area contributed by atoms with Crippen LogP contribution in [0.4, 0.5) is 18.9 Å². The fourth-order valence-electron chi connectivity index (χ4n) is 2.73. The van der Waals surface area contributed by atoms with Crippen molar-refractivity contribution in [2.24, 2.45) is 16.9 Å². The van der Waals surface area contributed by atoms with Crippen LogP contribution in [0, 0.1) is 11.8 Å². The van der Waals surface area contributed by atoms with Gasteiger partial charge in [0.2, 0.25) is 0 Å². The Bertz CT molecular complexity index is 700. The topological polar surface area (TPSA) is 36.4 Å². The lowest BCUT2D eigenvalue weighted by Crippen LogP contribution is -2.36. The molecule has 0 aromatic heterocycles. The highest BCUT2D eigenvalue weighted by molar-refractivity contribution is 7.80. The number of halogens is 4. The fraction of sp³-hybridized carbons (Fsp3) is 0.333. The molecule has 23 heavy (non-hydrogen) atoms. The zero-order chi connectivity index (χ0) is 16.6. The molecule has 1 aromatic carbocycles. The molecule has 122 valence electrons. The maximum atomic E-state index is 12.7. The van der Waals surface area contributed by atoms with Crippen LogP contribution < -0.4 is 10.7 Å². The van der Waals surface area contributed by atoms with E-state index in [9.17, 15) is 13.2 Å². The molecule has 0 spiro atoms. The second-order valence-electron chi connectivity index (χ2n) is 5.50. The molecule has 1 saturated carbocycles. The number of nitrogens with one attached hydrogen (secondary N) is 2. The molecule has 0 heterocycles. The van der Waals surface area contributed by atoms with Crippen LogP contribution in [0.1, 0.15) is 18.4 Å². The van der Waals surface area contributed by atoms with Crippen molar-refractivity contribution in [3.63, 3.8) is 0 Å². The first-order valence-corrected chi connectivity index (χ1v) is 7.80. The van der Waals surface area contributed by atoms with Crippen LogP contribution in [-0.2, 0) is 6.18 Å². The lowest BCUT2D eigenvalue weighted by atomic mass is 9.74. The highest BCUT2D eigenvalue weighted by Crippen LogP contribution is 2.40. The molecule has 2 aliphatic rings. The summed E-state index contributed by atoms with van der Waals surface area (Å²) in [6.45, 7) is 0. The van der Waals surface area contributed by atoms with E-state index in [1.165, 1.54) is 6.07 Å². The van der Waals surface area contributed by atoms with Crippen molar-refractivity contribution in [2.45, 2.75) is 19.0 Å². The minimum atomic E-state index is -4.44. The van der Waals surface area contributed by atoms with Crippen molar-refractivity contribution >= 4 is 40.3 Å². The molecule has 0 amide bonds. The monoisotopic (exact) mass is 359 g/mol. The van der Waals surface area contributed by atoms with Gasteiger partial charge in [0.25, 0.3) is 0 Å². The van der Waals surface area contributed by atoms with Gasteiger partial charge in [-0.3, -0.25) is 5.43 Å². The molecule has 0 bridgehead atoms. The van der Waals surface area contributed by atoms with Gasteiger partial charge in [0.05, 0.1) is 16.3 Å². The largest absolute Gasteiger partial charge is 0.416 e. The summed E-state index contributed by atoms with van der Waals surface area (Å²) in [5.74, 6) is 0.998. The number of nitrogens with zero attached hydrogens (tertiary/aromatic N) is 1. The predicted octanol–water partition coefficient (Wildman–Crippen LogP) is 4.60. The van der Waals surface area contributed by atoms with E-state index in [1.54, 1.807) is 0 Å². The van der Waals surface area contributed by atoms with E-state index < -0.39 is 11.7 Å². The molecular formula is C15H13ClF3N3S. The van der Waals surface area contributed by atoms with Crippen molar-refractivity contribution in [3.05, 3.63) is 40.9 Å². The smallest absolute Gasteiger partial charge is 0.330 e. The van der Waals surface area contributed by atoms with Crippen LogP contribution in [0.2, 0.25) is 5.02 Å². The summed E-state index contributed by atoms with van der Waals surface area (Å²) in [5.41, 5.74) is 3.00. The first-order chi connectivity index (χ1) is 10.8. The average Bonchev–Trinajstić information content (AvgIpc) is 2.82. The van der Waals surface area contributed by atoms with Gasteiger partial charge in [-0.25, -0.2) is 0 Å². The fourth-order valence-corrected chi connectivity index (χ4v) is 3.05. The SMILES string of the molecule is FC(F)(F)c1ccc(Cl)c(NC(=S)N/N=C2/C[C@H]3C=CC[C@H]23)c1. The Morgan fingerprint density at radius 1 is 1.35 bits per heavy atom. The number of benzene rings is 1. The van der Waals surface area contributed by atoms with E-state index >= 15 is 0 Å². The summed E-state index contributed by atoms with van der Waals surface area (Å²) in [6, 6.07) is 3.03. The average molecular weight is 360 g/mol. The van der Waals surface area contributed by atoms with Gasteiger partial charge in [-0.2, -0.15) is 18.3 Å². The Balaban J connectivity index is 1.63. The first-order valence-electron chi connectivity index (χ1n) is 7.01. The number of hydrogen-bond acceptors (Lipinski definition) is 2. The van der Waals surface area contributed by atoms with Crippen LogP contribution in [0.15, 0.2) is 35.5 Å². The second-order valence-corrected chi connectivity index (χ2v) is 6.32. The number of hydrogen-bond donors (Lipinski definition) is 2. The maximum Gasteiger partial charge on any atom is 0.416 e. The van der Waals surface area contributed by atoms with Crippen LogP contribution in [0.5, 0.6) is 0 Å². The van der Waals surface area contributed by atoms with Crippen molar-refractivity contribution in [1.82, 2.24) is 5.43 Å². The summed E-state index contributed by atoms with van der Waals surface area (Å²) >= 11 is 11.0. The normalized spacial score (nSPS) is 24.3. The van der Waals surface area contributed by atoms with Crippen LogP contribution in [0.3, 0.4) is 0 Å². The minimum absolute atomic E-state index is 0.0909. The van der Waals surface area contributed by atoms with E-state index in [0.29, 0.717) is 11.8 Å². The second kappa shape index (κ2) is 6.13. The molecular weight excluding hydrogens is 347 g/mol. The van der Waals surface area contributed by atoms with E-state index in [-0.39, 0.29) is 15.8 Å². The molecule has 3 rings (SSSR count). The molecule has 2 atom stereocenters. The number of alkyl halides is 3. The summed E-state index contributed by atoms with van der Waals surface area (Å²) in [5, 5.41) is 7.13. The van der Waals surface area contributed by atoms with Crippen molar-refractivity contribution in [1.29, 1.82) is 0 Å². The van der Waals surface area contributed by atoms with Gasteiger partial charge < -0.3 is 5.32 Å². The van der Waals surface area contributed by atoms with Gasteiger partial charge >= 0.3 is 6.18 Å². The van der Waals surface area contributed by atoms with Crippen molar-refractivity contribution < 1.29 is 13.2 Å². The Morgan fingerprint density at radius 3 is 2.83 bits per heavy atom. The van der Waals surface area contributed by atoms with Crippen LogP contribution in [-0.4, -0.2) is 10.8 Å². The summed E-state index contributed by atoms with van der Waals surface area (Å²) < 4.78 is 38.2. The van der Waals surface area contributed by atoms with E-state index in [1.807, 2.05) is 0 Å². The molecule has 3 nitrogen and oxygen atoms in total. The molecule has 0 unspecified atom stereocenters. The third-order valence-corrected chi connectivity index (χ3v) is 4.53. The van der Waals surface area contributed by atoms with Crippen molar-refractivity contribution in [2.75, 3.05) is 5.32 Å². The summed E-state index contributed by atoms with van der Waals surface area (Å²) in [4.78, 5) is 0. The highest BCUT2D eigenvalue weighted by Gasteiger charge is 2.38. The molecule has 2 N–H and O–H groups in total. The number of hydrazone groups is 1. The number of rotatable bonds is 2. The Kier molecular flexibility index (Phi) is 4.33. The quantitative estimate of drug-likeness (QED) is 0.460. The van der Waals surface area contributed by atoms with Gasteiger partial charge in [0.1, 0.15) is 0 Å². The zero-order valence-electron chi connectivity index (χ0n) is 11.8. The predicted molar refractivity (Wildman–Crippen MR) is 88.6 cm³/mol. The summed E-state index contributed by atoms with van der Waals surface area (Å²) in [6.07, 6.45) is 1.75. The molecule has 0 radical (unpaired) electrons. The van der Waals surface area contributed by atoms with Crippen LogP contribution in [0.25, 0.3) is 0 Å². The lowest BCUT2D eigenvalue weighted by molar-refractivity contribution is -0.137. The lowest BCUT2D eigenvalue weighted by Gasteiger charge is -2.31. The molecule has 8 heteroatoms. The molecule has 1 aromatic rings. The molecule has 2 aliphatic carbocycles. The number of allylic oxidation sites excluding steroid dienone is 2. The van der Waals surface area contributed by atoms with Crippen molar-refractivity contribution in [3.8, 4) is 0 Å². The maximum absolute atomic E-state index is 12.7. The van der Waals surface area contributed by atoms with E-state index in [4.69, 9.17) is 23.8 Å². The molecule has 0 aliphatic heterocycles. The Labute approximate surface area is 141 Å². The standard InChI is InChI=1S/C15H13ClF3N3S/c16-11-5-4-9(15(17,18)19)7-13(11)20-14(23)22-21-12-6-8-2-1-3-10(8)12/h1-2,4-5,7-8,10H,3,6H2,(H2,20,22,23)/b21-12-/t8-,10+/m1/s1. The molecule has 0 saturated heterocycles. The third kappa shape index (κ3) is 3.50. The third-order valence-electron chi connectivity index (χ3n) is 4.01. The Hall–Kier alpha value is -1.60.